The molecule has 4 nitrogen and oxygen atoms in total. The summed E-state index contributed by atoms with van der Waals surface area (Å²) in [6.07, 6.45) is 0. The van der Waals surface area contributed by atoms with Crippen molar-refractivity contribution in [1.82, 2.24) is 9.97 Å². The quantitative estimate of drug-likeness (QED) is 0.833. The highest BCUT2D eigenvalue weighted by Crippen LogP contribution is 2.15. The molecule has 0 spiro atoms. The lowest BCUT2D eigenvalue weighted by Gasteiger charge is -2.18. The standard InChI is InChI=1S/C12H21N3O/c1-6-16-12-7-11(14-10(5)15-12)13-9(4)8(2)3/h7-9H,6H2,1-5H3,(H,13,14,15). The van der Waals surface area contributed by atoms with Crippen LogP contribution in [0.5, 0.6) is 5.88 Å². The Labute approximate surface area is 97.5 Å². The first-order chi connectivity index (χ1) is 7.52. The van der Waals surface area contributed by atoms with Crippen molar-refractivity contribution in [3.63, 3.8) is 0 Å². The maximum Gasteiger partial charge on any atom is 0.218 e. The van der Waals surface area contributed by atoms with Gasteiger partial charge in [-0.2, -0.15) is 4.98 Å². The maximum absolute atomic E-state index is 5.38. The summed E-state index contributed by atoms with van der Waals surface area (Å²) in [5, 5.41) is 3.35. The van der Waals surface area contributed by atoms with Crippen LogP contribution in [0, 0.1) is 12.8 Å². The van der Waals surface area contributed by atoms with Gasteiger partial charge in [0.2, 0.25) is 5.88 Å². The van der Waals surface area contributed by atoms with Crippen molar-refractivity contribution < 1.29 is 4.74 Å². The summed E-state index contributed by atoms with van der Waals surface area (Å²) in [6, 6.07) is 2.22. The molecule has 0 aliphatic rings. The molecule has 4 heteroatoms. The van der Waals surface area contributed by atoms with Crippen LogP contribution in [0.1, 0.15) is 33.5 Å². The molecule has 0 bridgehead atoms. The van der Waals surface area contributed by atoms with Crippen LogP contribution in [0.15, 0.2) is 6.07 Å². The van der Waals surface area contributed by atoms with Gasteiger partial charge in [0.1, 0.15) is 11.6 Å². The molecule has 1 aromatic heterocycles. The van der Waals surface area contributed by atoms with Crippen LogP contribution in [-0.4, -0.2) is 22.6 Å². The monoisotopic (exact) mass is 223 g/mol. The summed E-state index contributed by atoms with van der Waals surface area (Å²) >= 11 is 0. The van der Waals surface area contributed by atoms with Gasteiger partial charge in [-0.15, -0.1) is 0 Å². The van der Waals surface area contributed by atoms with Crippen LogP contribution < -0.4 is 10.1 Å². The minimum atomic E-state index is 0.378. The van der Waals surface area contributed by atoms with Gasteiger partial charge in [-0.25, -0.2) is 4.98 Å². The number of nitrogens with zero attached hydrogens (tertiary/aromatic N) is 2. The molecule has 0 aliphatic heterocycles. The van der Waals surface area contributed by atoms with E-state index in [1.54, 1.807) is 0 Å². The molecule has 0 amide bonds. The SMILES string of the molecule is CCOc1cc(NC(C)C(C)C)nc(C)n1. The van der Waals surface area contributed by atoms with Crippen LogP contribution in [0.2, 0.25) is 0 Å². The van der Waals surface area contributed by atoms with Crippen molar-refractivity contribution in [2.75, 3.05) is 11.9 Å². The fourth-order valence-corrected chi connectivity index (χ4v) is 1.24. The second-order valence-electron chi connectivity index (χ2n) is 4.25. The van der Waals surface area contributed by atoms with Gasteiger partial charge in [0, 0.05) is 12.1 Å². The first kappa shape index (κ1) is 12.7. The van der Waals surface area contributed by atoms with E-state index in [9.17, 15) is 0 Å². The Morgan fingerprint density at radius 1 is 1.31 bits per heavy atom. The molecular weight excluding hydrogens is 202 g/mol. The smallest absolute Gasteiger partial charge is 0.218 e. The predicted molar refractivity (Wildman–Crippen MR) is 65.9 cm³/mol. The minimum Gasteiger partial charge on any atom is -0.478 e. The summed E-state index contributed by atoms with van der Waals surface area (Å²) in [5.74, 6) is 2.75. The highest BCUT2D eigenvalue weighted by molar-refractivity contribution is 5.39. The third-order valence-electron chi connectivity index (χ3n) is 2.48. The normalized spacial score (nSPS) is 12.6. The molecule has 0 aliphatic carbocycles. The molecule has 1 aromatic rings. The first-order valence-electron chi connectivity index (χ1n) is 5.78. The van der Waals surface area contributed by atoms with Crippen LogP contribution in [0.25, 0.3) is 0 Å². The van der Waals surface area contributed by atoms with Gasteiger partial charge in [-0.05, 0) is 26.7 Å². The molecule has 90 valence electrons. The molecule has 1 atom stereocenters. The largest absolute Gasteiger partial charge is 0.478 e. The molecule has 1 rings (SSSR count). The second kappa shape index (κ2) is 5.68. The van der Waals surface area contributed by atoms with Gasteiger partial charge >= 0.3 is 0 Å². The van der Waals surface area contributed by atoms with E-state index in [-0.39, 0.29) is 0 Å². The lowest BCUT2D eigenvalue weighted by Crippen LogP contribution is -2.22. The molecule has 0 saturated carbocycles. The number of aromatic nitrogens is 2. The number of anilines is 1. The summed E-state index contributed by atoms with van der Waals surface area (Å²) in [4.78, 5) is 8.54. The Hall–Kier alpha value is -1.32. The molecule has 1 N–H and O–H groups in total. The van der Waals surface area contributed by atoms with Crippen molar-refractivity contribution in [1.29, 1.82) is 0 Å². The van der Waals surface area contributed by atoms with Crippen LogP contribution >= 0.6 is 0 Å². The fraction of sp³-hybridized carbons (Fsp3) is 0.667. The third kappa shape index (κ3) is 3.68. The summed E-state index contributed by atoms with van der Waals surface area (Å²) in [6.45, 7) is 10.9. The highest BCUT2D eigenvalue weighted by Gasteiger charge is 2.09. The van der Waals surface area contributed by atoms with Gasteiger partial charge in [-0.1, -0.05) is 13.8 Å². The molecule has 1 heterocycles. The van der Waals surface area contributed by atoms with Gasteiger partial charge in [0.05, 0.1) is 6.61 Å². The van der Waals surface area contributed by atoms with Crippen molar-refractivity contribution in [3.05, 3.63) is 11.9 Å². The van der Waals surface area contributed by atoms with E-state index >= 15 is 0 Å². The zero-order valence-electron chi connectivity index (χ0n) is 10.7. The Morgan fingerprint density at radius 3 is 2.56 bits per heavy atom. The lowest BCUT2D eigenvalue weighted by molar-refractivity contribution is 0.325. The zero-order valence-corrected chi connectivity index (χ0v) is 10.7. The summed E-state index contributed by atoms with van der Waals surface area (Å²) in [7, 11) is 0. The van der Waals surface area contributed by atoms with Crippen molar-refractivity contribution in [2.24, 2.45) is 5.92 Å². The summed E-state index contributed by atoms with van der Waals surface area (Å²) in [5.41, 5.74) is 0. The Bertz CT molecular complexity index is 339. The second-order valence-corrected chi connectivity index (χ2v) is 4.25. The lowest BCUT2D eigenvalue weighted by atomic mass is 10.1. The molecule has 0 saturated heterocycles. The maximum atomic E-state index is 5.38. The van der Waals surface area contributed by atoms with Crippen molar-refractivity contribution in [2.45, 2.75) is 40.7 Å². The zero-order chi connectivity index (χ0) is 12.1. The fourth-order valence-electron chi connectivity index (χ4n) is 1.24. The minimum absolute atomic E-state index is 0.378. The molecule has 0 aromatic carbocycles. The van der Waals surface area contributed by atoms with E-state index in [4.69, 9.17) is 4.74 Å². The molecular formula is C12H21N3O. The molecule has 1 unspecified atom stereocenters. The summed E-state index contributed by atoms with van der Waals surface area (Å²) < 4.78 is 5.38. The van der Waals surface area contributed by atoms with Crippen LogP contribution in [0.3, 0.4) is 0 Å². The first-order valence-corrected chi connectivity index (χ1v) is 5.78. The number of ether oxygens (including phenoxy) is 1. The number of aryl methyl sites for hydroxylation is 1. The van der Waals surface area contributed by atoms with E-state index in [0.717, 1.165) is 11.6 Å². The van der Waals surface area contributed by atoms with E-state index in [0.29, 0.717) is 24.4 Å². The Kier molecular flexibility index (Phi) is 4.52. The van der Waals surface area contributed by atoms with E-state index < -0.39 is 0 Å². The molecule has 0 radical (unpaired) electrons. The average Bonchev–Trinajstić information content (AvgIpc) is 2.16. The van der Waals surface area contributed by atoms with E-state index in [1.807, 2.05) is 19.9 Å². The van der Waals surface area contributed by atoms with Gasteiger partial charge in [0.25, 0.3) is 0 Å². The van der Waals surface area contributed by atoms with Crippen LogP contribution in [0.4, 0.5) is 5.82 Å². The third-order valence-corrected chi connectivity index (χ3v) is 2.48. The van der Waals surface area contributed by atoms with Crippen molar-refractivity contribution in [3.8, 4) is 5.88 Å². The van der Waals surface area contributed by atoms with Crippen molar-refractivity contribution >= 4 is 5.82 Å². The highest BCUT2D eigenvalue weighted by atomic mass is 16.5. The van der Waals surface area contributed by atoms with Gasteiger partial charge < -0.3 is 10.1 Å². The van der Waals surface area contributed by atoms with E-state index in [2.05, 4.69) is 36.1 Å². The number of hydrogen-bond donors (Lipinski definition) is 1. The van der Waals surface area contributed by atoms with Gasteiger partial charge in [0.15, 0.2) is 0 Å². The topological polar surface area (TPSA) is 47.0 Å². The van der Waals surface area contributed by atoms with E-state index in [1.165, 1.54) is 0 Å². The molecule has 16 heavy (non-hydrogen) atoms. The predicted octanol–water partition coefficient (Wildman–Crippen LogP) is 2.64. The van der Waals surface area contributed by atoms with Gasteiger partial charge in [-0.3, -0.25) is 0 Å². The average molecular weight is 223 g/mol. The molecule has 0 fully saturated rings. The number of hydrogen-bond acceptors (Lipinski definition) is 4. The van der Waals surface area contributed by atoms with Crippen LogP contribution in [-0.2, 0) is 0 Å². The number of nitrogens with one attached hydrogen (secondary N) is 1. The Balaban J connectivity index is 2.79. The number of rotatable bonds is 5. The Morgan fingerprint density at radius 2 is 2.00 bits per heavy atom.